The highest BCUT2D eigenvalue weighted by atomic mass is 32.2. The van der Waals surface area contributed by atoms with E-state index < -0.39 is 14.2 Å². The molecule has 0 radical (unpaired) electrons. The fraction of sp³-hybridized carbons (Fsp3) is 0.941. The number of hydrogen-bond donors (Lipinski definition) is 0. The van der Waals surface area contributed by atoms with Crippen molar-refractivity contribution in [2.45, 2.75) is 32.7 Å². The molecule has 0 spiro atoms. The van der Waals surface area contributed by atoms with Gasteiger partial charge in [-0.3, -0.25) is 4.79 Å². The summed E-state index contributed by atoms with van der Waals surface area (Å²) in [6, 6.07) is 0.777. The first kappa shape index (κ1) is 24.9. The topological polar surface area (TPSA) is 54.0 Å². The van der Waals surface area contributed by atoms with E-state index >= 15 is 0 Å². The van der Waals surface area contributed by atoms with E-state index in [0.717, 1.165) is 41.4 Å². The van der Waals surface area contributed by atoms with Crippen LogP contribution < -0.4 is 0 Å². The van der Waals surface area contributed by atoms with E-state index in [2.05, 4.69) is 21.1 Å². The van der Waals surface area contributed by atoms with Gasteiger partial charge < -0.3 is 22.5 Å². The summed E-state index contributed by atoms with van der Waals surface area (Å²) in [6.07, 6.45) is 1.82. The van der Waals surface area contributed by atoms with E-state index in [1.807, 2.05) is 13.8 Å². The monoisotopic (exact) mass is 396 g/mol. The average Bonchev–Trinajstić information content (AvgIpc) is 2.54. The Morgan fingerprint density at radius 3 is 2.08 bits per heavy atom. The van der Waals surface area contributed by atoms with Gasteiger partial charge in [-0.25, -0.2) is 0 Å². The maximum absolute atomic E-state index is 12.3. The van der Waals surface area contributed by atoms with Gasteiger partial charge in [0.1, 0.15) is 0 Å². The van der Waals surface area contributed by atoms with Gasteiger partial charge in [0.25, 0.3) is 0 Å². The number of rotatable bonds is 14. The summed E-state index contributed by atoms with van der Waals surface area (Å²) in [4.78, 5) is 12.3. The van der Waals surface area contributed by atoms with Crippen LogP contribution in [0.1, 0.15) is 26.7 Å². The number of esters is 1. The predicted octanol–water partition coefficient (Wildman–Crippen LogP) is 2.65. The van der Waals surface area contributed by atoms with E-state index in [4.69, 9.17) is 18.0 Å². The van der Waals surface area contributed by atoms with E-state index in [1.54, 1.807) is 33.1 Å². The minimum absolute atomic E-state index is 0.115. The lowest BCUT2D eigenvalue weighted by molar-refractivity contribution is -0.870. The molecular formula is C17H38NO5SSi+. The van der Waals surface area contributed by atoms with Crippen molar-refractivity contribution < 1.29 is 27.3 Å². The number of nitrogens with zero attached hydrogens (tertiary/aromatic N) is 1. The minimum atomic E-state index is -2.48. The van der Waals surface area contributed by atoms with Crippen LogP contribution in [0.15, 0.2) is 0 Å². The van der Waals surface area contributed by atoms with Crippen LogP contribution in [0.3, 0.4) is 0 Å². The maximum Gasteiger partial charge on any atom is 0.500 e. The van der Waals surface area contributed by atoms with E-state index in [9.17, 15) is 4.79 Å². The highest BCUT2D eigenvalue weighted by Crippen LogP contribution is 2.25. The lowest BCUT2D eigenvalue weighted by atomic mass is 9.97. The third-order valence-corrected chi connectivity index (χ3v) is 8.26. The lowest BCUT2D eigenvalue weighted by Crippen LogP contribution is -2.42. The Kier molecular flexibility index (Phi) is 11.5. The largest absolute Gasteiger partial charge is 0.500 e. The van der Waals surface area contributed by atoms with Crippen LogP contribution in [0.4, 0.5) is 0 Å². The molecule has 0 heterocycles. The van der Waals surface area contributed by atoms with Crippen molar-refractivity contribution in [2.75, 3.05) is 67.1 Å². The quantitative estimate of drug-likeness (QED) is 0.195. The van der Waals surface area contributed by atoms with Crippen LogP contribution in [0.5, 0.6) is 0 Å². The number of carbonyl (C=O) groups excluding carboxylic acids is 1. The first-order valence-electron chi connectivity index (χ1n) is 8.73. The molecule has 0 aliphatic heterocycles. The molecule has 0 N–H and O–H groups in total. The number of ether oxygens (including phenoxy) is 1. The summed E-state index contributed by atoms with van der Waals surface area (Å²) < 4.78 is 22.6. The molecule has 0 aromatic carbocycles. The van der Waals surface area contributed by atoms with Gasteiger partial charge in [-0.05, 0) is 26.0 Å². The van der Waals surface area contributed by atoms with Gasteiger partial charge in [0, 0.05) is 39.5 Å². The molecule has 0 aliphatic carbocycles. The number of quaternary nitrogens is 1. The van der Waals surface area contributed by atoms with Crippen molar-refractivity contribution in [1.82, 2.24) is 0 Å². The zero-order valence-electron chi connectivity index (χ0n) is 17.3. The van der Waals surface area contributed by atoms with Crippen molar-refractivity contribution in [2.24, 2.45) is 5.41 Å². The van der Waals surface area contributed by atoms with E-state index in [1.165, 1.54) is 0 Å². The smallest absolute Gasteiger partial charge is 0.465 e. The van der Waals surface area contributed by atoms with Crippen LogP contribution in [-0.4, -0.2) is 86.4 Å². The molecule has 25 heavy (non-hydrogen) atoms. The molecule has 0 bridgehead atoms. The van der Waals surface area contributed by atoms with Crippen molar-refractivity contribution in [1.29, 1.82) is 0 Å². The molecule has 0 aliphatic rings. The summed E-state index contributed by atoms with van der Waals surface area (Å²) in [6.45, 7) is 5.38. The van der Waals surface area contributed by atoms with Gasteiger partial charge in [-0.1, -0.05) is 0 Å². The number of thioether (sulfide) groups is 1. The highest BCUT2D eigenvalue weighted by molar-refractivity contribution is 7.99. The van der Waals surface area contributed by atoms with Crippen LogP contribution in [0.2, 0.25) is 6.04 Å². The molecule has 0 saturated heterocycles. The van der Waals surface area contributed by atoms with Crippen molar-refractivity contribution in [3.63, 3.8) is 0 Å². The Hall–Kier alpha value is -0.123. The summed E-state index contributed by atoms with van der Waals surface area (Å²) in [5, 5.41) is 0. The zero-order valence-corrected chi connectivity index (χ0v) is 19.2. The Morgan fingerprint density at radius 1 is 1.04 bits per heavy atom. The van der Waals surface area contributed by atoms with Gasteiger partial charge in [-0.2, -0.15) is 11.8 Å². The third kappa shape index (κ3) is 10.6. The second-order valence-corrected chi connectivity index (χ2v) is 12.0. The fourth-order valence-corrected chi connectivity index (χ4v) is 5.33. The Bertz CT molecular complexity index is 375. The molecule has 0 fully saturated rings. The van der Waals surface area contributed by atoms with Crippen molar-refractivity contribution in [3.8, 4) is 0 Å². The van der Waals surface area contributed by atoms with Crippen LogP contribution in [0, 0.1) is 5.41 Å². The zero-order chi connectivity index (χ0) is 19.6. The normalized spacial score (nSPS) is 13.1. The SMILES string of the molecule is CO[Si](CCCSCC(C)(C)C(=O)OCCC[N+](C)(C)C)(OC)OC. The van der Waals surface area contributed by atoms with Gasteiger partial charge >= 0.3 is 14.8 Å². The van der Waals surface area contributed by atoms with Gasteiger partial charge in [-0.15, -0.1) is 0 Å². The Labute approximate surface area is 159 Å². The van der Waals surface area contributed by atoms with E-state index in [-0.39, 0.29) is 5.97 Å². The van der Waals surface area contributed by atoms with E-state index in [0.29, 0.717) is 6.61 Å². The summed E-state index contributed by atoms with van der Waals surface area (Å²) >= 11 is 1.76. The molecule has 6 nitrogen and oxygen atoms in total. The maximum atomic E-state index is 12.3. The Morgan fingerprint density at radius 2 is 1.60 bits per heavy atom. The van der Waals surface area contributed by atoms with Crippen LogP contribution >= 0.6 is 11.8 Å². The first-order chi connectivity index (χ1) is 11.5. The summed E-state index contributed by atoms with van der Waals surface area (Å²) in [5.74, 6) is 1.56. The lowest BCUT2D eigenvalue weighted by Gasteiger charge is -2.25. The summed E-state index contributed by atoms with van der Waals surface area (Å²) in [5.41, 5.74) is -0.473. The second kappa shape index (κ2) is 11.6. The molecule has 0 aromatic rings. The molecule has 0 rings (SSSR count). The van der Waals surface area contributed by atoms with Gasteiger partial charge in [0.05, 0.1) is 39.7 Å². The number of carbonyl (C=O) groups is 1. The minimum Gasteiger partial charge on any atom is -0.465 e. The molecule has 0 saturated carbocycles. The number of hydrogen-bond acceptors (Lipinski definition) is 6. The molecule has 0 amide bonds. The van der Waals surface area contributed by atoms with Crippen LogP contribution in [0.25, 0.3) is 0 Å². The predicted molar refractivity (Wildman–Crippen MR) is 106 cm³/mol. The summed E-state index contributed by atoms with van der Waals surface area (Å²) in [7, 11) is 8.81. The van der Waals surface area contributed by atoms with Crippen LogP contribution in [-0.2, 0) is 22.8 Å². The van der Waals surface area contributed by atoms with Gasteiger partial charge in [0.15, 0.2) is 0 Å². The van der Waals surface area contributed by atoms with Crippen molar-refractivity contribution >= 4 is 26.5 Å². The molecular weight excluding hydrogens is 358 g/mol. The highest BCUT2D eigenvalue weighted by Gasteiger charge is 2.37. The Balaban J connectivity index is 4.05. The molecule has 8 heteroatoms. The van der Waals surface area contributed by atoms with Crippen molar-refractivity contribution in [3.05, 3.63) is 0 Å². The molecule has 0 unspecified atom stereocenters. The molecule has 0 aromatic heterocycles. The molecule has 0 atom stereocenters. The average molecular weight is 397 g/mol. The second-order valence-electron chi connectivity index (χ2n) is 7.84. The fourth-order valence-electron chi connectivity index (χ4n) is 2.23. The van der Waals surface area contributed by atoms with Gasteiger partial charge in [0.2, 0.25) is 0 Å². The third-order valence-electron chi connectivity index (χ3n) is 3.93. The molecule has 150 valence electrons. The first-order valence-corrected chi connectivity index (χ1v) is 11.8. The standard InChI is InChI=1S/C17H38NO5SSi/c1-17(2,16(19)23-12-9-11-18(3,4)5)15-24-13-10-14-25(20-6,21-7)22-8/h9-15H2,1-8H3/q+1.